The summed E-state index contributed by atoms with van der Waals surface area (Å²) in [6.45, 7) is 1.71. The molecule has 4 N–H and O–H groups in total. The quantitative estimate of drug-likeness (QED) is 0.0944. The Hall–Kier alpha value is -6.03. The Morgan fingerprint density at radius 1 is 0.396 bits per heavy atom. The summed E-state index contributed by atoms with van der Waals surface area (Å²) in [6, 6.07) is 62.0. The van der Waals surface area contributed by atoms with Crippen molar-refractivity contribution in [3.05, 3.63) is 193 Å². The maximum Gasteiger partial charge on any atom is 0.122 e. The van der Waals surface area contributed by atoms with Gasteiger partial charge in [-0.2, -0.15) is 0 Å². The summed E-state index contributed by atoms with van der Waals surface area (Å²) < 4.78 is 0. The van der Waals surface area contributed by atoms with Crippen LogP contribution in [-0.2, 0) is 13.1 Å². The largest absolute Gasteiger partial charge is 0.384 e. The van der Waals surface area contributed by atoms with Gasteiger partial charge in [0.15, 0.2) is 0 Å². The number of hydrogen-bond acceptors (Lipinski definition) is 2. The first-order chi connectivity index (χ1) is 23.6. The minimum atomic E-state index is 0.121. The summed E-state index contributed by atoms with van der Waals surface area (Å²) in [7, 11) is 0. The van der Waals surface area contributed by atoms with Gasteiger partial charge in [0, 0.05) is 18.7 Å². The Labute approximate surface area is 281 Å². The third-order valence-corrected chi connectivity index (χ3v) is 8.79. The van der Waals surface area contributed by atoms with Gasteiger partial charge in [-0.25, -0.2) is 0 Å². The van der Waals surface area contributed by atoms with Crippen molar-refractivity contribution in [2.75, 3.05) is 0 Å². The van der Waals surface area contributed by atoms with Crippen LogP contribution in [0.3, 0.4) is 0 Å². The molecular formula is C45H37N3. The fourth-order valence-corrected chi connectivity index (χ4v) is 6.39. The average Bonchev–Trinajstić information content (AvgIpc) is 3.16. The van der Waals surface area contributed by atoms with Crippen molar-refractivity contribution in [3.63, 3.8) is 0 Å². The van der Waals surface area contributed by atoms with Crippen molar-refractivity contribution >= 4 is 38.2 Å². The number of nitrogens with one attached hydrogen (secondary N) is 2. The zero-order valence-corrected chi connectivity index (χ0v) is 26.7. The van der Waals surface area contributed by atoms with Gasteiger partial charge in [0.05, 0.1) is 0 Å². The van der Waals surface area contributed by atoms with Crippen molar-refractivity contribution in [2.45, 2.75) is 13.1 Å². The number of nitrogen functional groups attached to an aromatic ring is 1. The SMILES string of the molecule is N=C(N)c1ccccc1.c1ccc(CNCc2cccc(-c3cccc(-c4ccc5c6ccccc6c6ccccc6c5c4)c3)c2)cc1. The first-order valence-corrected chi connectivity index (χ1v) is 16.3. The fourth-order valence-electron chi connectivity index (χ4n) is 6.39. The van der Waals surface area contributed by atoms with E-state index in [1.54, 1.807) is 0 Å². The Kier molecular flexibility index (Phi) is 9.04. The molecule has 0 unspecified atom stereocenters. The average molecular weight is 620 g/mol. The number of rotatable bonds is 7. The zero-order valence-electron chi connectivity index (χ0n) is 26.7. The van der Waals surface area contributed by atoms with Crippen LogP contribution >= 0.6 is 0 Å². The Morgan fingerprint density at radius 3 is 1.42 bits per heavy atom. The molecule has 0 atom stereocenters. The van der Waals surface area contributed by atoms with Gasteiger partial charge in [0.2, 0.25) is 0 Å². The van der Waals surface area contributed by atoms with E-state index in [4.69, 9.17) is 11.1 Å². The Balaban J connectivity index is 0.000000353. The second kappa shape index (κ2) is 14.2. The van der Waals surface area contributed by atoms with E-state index in [1.165, 1.54) is 65.7 Å². The van der Waals surface area contributed by atoms with Crippen LogP contribution in [-0.4, -0.2) is 5.84 Å². The van der Waals surface area contributed by atoms with Gasteiger partial charge in [0.25, 0.3) is 0 Å². The van der Waals surface area contributed by atoms with Crippen LogP contribution in [0.2, 0.25) is 0 Å². The molecule has 0 aliphatic heterocycles. The molecule has 0 radical (unpaired) electrons. The Morgan fingerprint density at radius 2 is 0.833 bits per heavy atom. The lowest BCUT2D eigenvalue weighted by Gasteiger charge is -2.13. The van der Waals surface area contributed by atoms with E-state index in [-0.39, 0.29) is 5.84 Å². The van der Waals surface area contributed by atoms with Crippen molar-refractivity contribution in [3.8, 4) is 22.3 Å². The highest BCUT2D eigenvalue weighted by Gasteiger charge is 2.10. The summed E-state index contributed by atoms with van der Waals surface area (Å²) in [5, 5.41) is 18.4. The highest BCUT2D eigenvalue weighted by Crippen LogP contribution is 2.37. The van der Waals surface area contributed by atoms with Gasteiger partial charge in [-0.3, -0.25) is 5.41 Å². The second-order valence-electron chi connectivity index (χ2n) is 12.0. The first kappa shape index (κ1) is 30.6. The lowest BCUT2D eigenvalue weighted by Crippen LogP contribution is -2.12. The van der Waals surface area contributed by atoms with Crippen LogP contribution in [0.15, 0.2) is 176 Å². The molecule has 0 bridgehead atoms. The van der Waals surface area contributed by atoms with Crippen LogP contribution in [0.1, 0.15) is 16.7 Å². The summed E-state index contributed by atoms with van der Waals surface area (Å²) in [5.74, 6) is 0.121. The van der Waals surface area contributed by atoms with Crippen LogP contribution in [0.25, 0.3) is 54.6 Å². The van der Waals surface area contributed by atoms with E-state index >= 15 is 0 Å². The lowest BCUT2D eigenvalue weighted by molar-refractivity contribution is 0.693. The highest BCUT2D eigenvalue weighted by molar-refractivity contribution is 6.25. The van der Waals surface area contributed by atoms with Gasteiger partial charge in [-0.15, -0.1) is 0 Å². The summed E-state index contributed by atoms with van der Waals surface area (Å²) in [4.78, 5) is 0. The third kappa shape index (κ3) is 6.73. The van der Waals surface area contributed by atoms with E-state index in [0.717, 1.165) is 18.7 Å². The van der Waals surface area contributed by atoms with Crippen LogP contribution in [0, 0.1) is 5.41 Å². The van der Waals surface area contributed by atoms with Gasteiger partial charge in [-0.05, 0) is 83.9 Å². The van der Waals surface area contributed by atoms with E-state index in [2.05, 4.69) is 151 Å². The maximum absolute atomic E-state index is 7.01. The molecule has 3 nitrogen and oxygen atoms in total. The molecule has 8 rings (SSSR count). The fraction of sp³-hybridized carbons (Fsp3) is 0.0444. The van der Waals surface area contributed by atoms with Crippen molar-refractivity contribution < 1.29 is 0 Å². The minimum Gasteiger partial charge on any atom is -0.384 e. The second-order valence-corrected chi connectivity index (χ2v) is 12.0. The lowest BCUT2D eigenvalue weighted by atomic mass is 9.91. The topological polar surface area (TPSA) is 61.9 Å². The minimum absolute atomic E-state index is 0.121. The molecular weight excluding hydrogens is 583 g/mol. The van der Waals surface area contributed by atoms with Crippen molar-refractivity contribution in [2.24, 2.45) is 5.73 Å². The van der Waals surface area contributed by atoms with Gasteiger partial charge in [0.1, 0.15) is 5.84 Å². The molecule has 0 spiro atoms. The predicted molar refractivity (Wildman–Crippen MR) is 204 cm³/mol. The Bertz CT molecular complexity index is 2310. The van der Waals surface area contributed by atoms with Gasteiger partial charge in [-0.1, -0.05) is 158 Å². The van der Waals surface area contributed by atoms with Crippen molar-refractivity contribution in [1.82, 2.24) is 5.32 Å². The van der Waals surface area contributed by atoms with Crippen LogP contribution < -0.4 is 11.1 Å². The van der Waals surface area contributed by atoms with E-state index in [9.17, 15) is 0 Å². The van der Waals surface area contributed by atoms with Crippen LogP contribution in [0.5, 0.6) is 0 Å². The molecule has 3 heteroatoms. The summed E-state index contributed by atoms with van der Waals surface area (Å²) in [5.41, 5.74) is 13.5. The molecule has 232 valence electrons. The van der Waals surface area contributed by atoms with E-state index < -0.39 is 0 Å². The molecule has 48 heavy (non-hydrogen) atoms. The maximum atomic E-state index is 7.01. The predicted octanol–water partition coefficient (Wildman–Crippen LogP) is 10.7. The van der Waals surface area contributed by atoms with E-state index in [0.29, 0.717) is 0 Å². The molecule has 0 heterocycles. The molecule has 0 aliphatic carbocycles. The summed E-state index contributed by atoms with van der Waals surface area (Å²) in [6.07, 6.45) is 0. The zero-order chi connectivity index (χ0) is 32.7. The molecule has 0 aliphatic rings. The van der Waals surface area contributed by atoms with Gasteiger partial charge >= 0.3 is 0 Å². The third-order valence-electron chi connectivity index (χ3n) is 8.79. The monoisotopic (exact) mass is 619 g/mol. The van der Waals surface area contributed by atoms with Gasteiger partial charge < -0.3 is 11.1 Å². The number of amidine groups is 1. The summed E-state index contributed by atoms with van der Waals surface area (Å²) >= 11 is 0. The molecule has 8 aromatic rings. The molecule has 0 amide bonds. The molecule has 0 saturated carbocycles. The highest BCUT2D eigenvalue weighted by atomic mass is 14.8. The normalized spacial score (nSPS) is 10.9. The number of nitrogens with two attached hydrogens (primary N) is 1. The molecule has 0 aromatic heterocycles. The number of hydrogen-bond donors (Lipinski definition) is 3. The number of fused-ring (bicyclic) bond motifs is 6. The molecule has 8 aromatic carbocycles. The first-order valence-electron chi connectivity index (χ1n) is 16.3. The van der Waals surface area contributed by atoms with Crippen molar-refractivity contribution in [1.29, 1.82) is 5.41 Å². The molecule has 0 fully saturated rings. The smallest absolute Gasteiger partial charge is 0.122 e. The molecule has 0 saturated heterocycles. The standard InChI is InChI=1S/C38H29N.C7H8N2/c1-2-10-27(11-3-1)25-39-26-28-12-8-13-29(22-28)30-14-9-15-31(23-30)32-20-21-37-35-18-5-4-16-33(35)34-17-6-7-19-36(34)38(37)24-32;8-7(9)6-4-2-1-3-5-6/h1-24,39H,25-26H2;1-5H,(H3,8,9). The van der Waals surface area contributed by atoms with Crippen LogP contribution in [0.4, 0.5) is 0 Å². The number of benzene rings is 8. The van der Waals surface area contributed by atoms with E-state index in [1.807, 2.05) is 30.3 Å².